The van der Waals surface area contributed by atoms with E-state index in [4.69, 9.17) is 10.7 Å². The van der Waals surface area contributed by atoms with Crippen molar-refractivity contribution in [3.05, 3.63) is 84.2 Å². The van der Waals surface area contributed by atoms with Crippen molar-refractivity contribution in [2.24, 2.45) is 0 Å². The largest absolute Gasteiger partial charge is 0.368 e. The van der Waals surface area contributed by atoms with Crippen LogP contribution in [0.2, 0.25) is 0 Å². The Morgan fingerprint density at radius 2 is 1.98 bits per heavy atom. The highest BCUT2D eigenvalue weighted by Gasteiger charge is 2.16. The summed E-state index contributed by atoms with van der Waals surface area (Å²) in [6.45, 7) is 8.85. The molecule has 1 fully saturated rings. The van der Waals surface area contributed by atoms with Crippen molar-refractivity contribution in [3.8, 4) is 11.3 Å². The van der Waals surface area contributed by atoms with Gasteiger partial charge in [-0.1, -0.05) is 56.7 Å². The first kappa shape index (κ1) is 33.5. The minimum absolute atomic E-state index is 0.163. The molecule has 0 aliphatic carbocycles. The zero-order chi connectivity index (χ0) is 33.3. The lowest BCUT2D eigenvalue weighted by atomic mass is 9.99. The Morgan fingerprint density at radius 1 is 1.15 bits per heavy atom. The first-order chi connectivity index (χ1) is 22.7. The maximum atomic E-state index is 12.3. The number of nitrogens with two attached hydrogens (primary N) is 1. The third-order valence-electron chi connectivity index (χ3n) is 8.07. The number of amides is 1. The van der Waals surface area contributed by atoms with Gasteiger partial charge in [0.2, 0.25) is 17.8 Å². The average Bonchev–Trinajstić information content (AvgIpc) is 3.48. The minimum atomic E-state index is -0.163. The predicted octanol–water partition coefficient (Wildman–Crippen LogP) is 5.86. The number of hydrogen-bond acceptors (Lipinski definition) is 9. The number of nitrogens with one attached hydrogen (secondary N) is 3. The van der Waals surface area contributed by atoms with Crippen LogP contribution in [-0.2, 0) is 11.3 Å². The van der Waals surface area contributed by atoms with Gasteiger partial charge < -0.3 is 26.6 Å². The number of nitrogen functional groups attached to an aromatic ring is 1. The summed E-state index contributed by atoms with van der Waals surface area (Å²) < 4.78 is 1.69. The molecule has 1 saturated heterocycles. The molecule has 246 valence electrons. The summed E-state index contributed by atoms with van der Waals surface area (Å²) in [7, 11) is 3.91. The summed E-state index contributed by atoms with van der Waals surface area (Å²) in [4.78, 5) is 27.9. The molecule has 5 N–H and O–H groups in total. The minimum Gasteiger partial charge on any atom is -0.368 e. The highest BCUT2D eigenvalue weighted by atomic mass is 16.1. The Morgan fingerprint density at radius 3 is 2.70 bits per heavy atom. The first-order valence-electron chi connectivity index (χ1n) is 16.3. The van der Waals surface area contributed by atoms with Crippen LogP contribution in [0.1, 0.15) is 57.1 Å². The highest BCUT2D eigenvalue weighted by molar-refractivity contribution is 6.02. The second-order valence-electron chi connectivity index (χ2n) is 12.5. The Bertz CT molecular complexity index is 1840. The fraction of sp³-hybridized carbons (Fsp3) is 0.361. The van der Waals surface area contributed by atoms with Crippen LogP contribution in [-0.4, -0.2) is 68.6 Å². The molecule has 3 aromatic heterocycles. The van der Waals surface area contributed by atoms with Gasteiger partial charge in [0.1, 0.15) is 0 Å². The van der Waals surface area contributed by atoms with Gasteiger partial charge in [-0.05, 0) is 75.5 Å². The molecule has 0 radical (unpaired) electrons. The van der Waals surface area contributed by atoms with E-state index >= 15 is 0 Å². The molecule has 0 unspecified atom stereocenters. The van der Waals surface area contributed by atoms with Gasteiger partial charge in [-0.3, -0.25) is 9.78 Å². The van der Waals surface area contributed by atoms with Crippen molar-refractivity contribution >= 4 is 39.9 Å². The lowest BCUT2D eigenvalue weighted by Gasteiger charge is -2.18. The molecule has 1 amide bonds. The van der Waals surface area contributed by atoms with Crippen molar-refractivity contribution in [1.82, 2.24) is 34.8 Å². The molecular weight excluding hydrogens is 588 g/mol. The number of benzene rings is 2. The van der Waals surface area contributed by atoms with E-state index in [1.54, 1.807) is 16.8 Å². The van der Waals surface area contributed by atoms with E-state index in [0.29, 0.717) is 24.7 Å². The van der Waals surface area contributed by atoms with Crippen LogP contribution in [0.15, 0.2) is 73.1 Å². The summed E-state index contributed by atoms with van der Waals surface area (Å²) in [5.74, 6) is 0.808. The highest BCUT2D eigenvalue weighted by Crippen LogP contribution is 2.31. The third kappa shape index (κ3) is 8.69. The second-order valence-corrected chi connectivity index (χ2v) is 12.5. The van der Waals surface area contributed by atoms with Gasteiger partial charge in [0.05, 0.1) is 11.9 Å². The summed E-state index contributed by atoms with van der Waals surface area (Å²) >= 11 is 0. The van der Waals surface area contributed by atoms with Crippen LogP contribution < -0.4 is 21.7 Å². The summed E-state index contributed by atoms with van der Waals surface area (Å²) in [6.07, 6.45) is 11.2. The second kappa shape index (κ2) is 15.6. The zero-order valence-corrected chi connectivity index (χ0v) is 28.0. The number of anilines is 3. The molecule has 0 saturated carbocycles. The lowest BCUT2D eigenvalue weighted by molar-refractivity contribution is -0.111. The standard InChI is InChI=1S/C30H33N9O.C6H13N/c1-19(2)25-18-34-39-28(25)36-29(31)37-30(39)33-17-21-8-5-6-9-23(21)27-24-12-11-22(16-20(24)13-14-32-27)35-26(40)10-7-15-38(3)4;1-6-4-2-3-5-7-6/h5-14,16,18-19H,15,17H2,1-4H3,(H,35,40)(H3,31,33,36,37);6-7H,2-5H2,1H3/b10-7+;/t;6-/m.0/s1. The number of fused-ring (bicyclic) bond motifs is 2. The van der Waals surface area contributed by atoms with Crippen molar-refractivity contribution in [1.29, 1.82) is 0 Å². The number of carbonyl (C=O) groups is 1. The Hall–Kier alpha value is -4.87. The van der Waals surface area contributed by atoms with Crippen LogP contribution in [0.25, 0.3) is 27.7 Å². The molecule has 11 nitrogen and oxygen atoms in total. The number of carbonyl (C=O) groups excluding carboxylic acids is 1. The molecule has 47 heavy (non-hydrogen) atoms. The van der Waals surface area contributed by atoms with Crippen molar-refractivity contribution in [3.63, 3.8) is 0 Å². The smallest absolute Gasteiger partial charge is 0.248 e. The summed E-state index contributed by atoms with van der Waals surface area (Å²) in [6, 6.07) is 16.7. The summed E-state index contributed by atoms with van der Waals surface area (Å²) in [5.41, 5.74) is 11.4. The monoisotopic (exact) mass is 634 g/mol. The van der Waals surface area contributed by atoms with E-state index < -0.39 is 0 Å². The van der Waals surface area contributed by atoms with Gasteiger partial charge >= 0.3 is 0 Å². The lowest BCUT2D eigenvalue weighted by Crippen LogP contribution is -2.30. The Balaban J connectivity index is 0.000000549. The molecule has 4 heterocycles. The van der Waals surface area contributed by atoms with Crippen molar-refractivity contribution in [2.45, 2.75) is 58.5 Å². The molecule has 2 aromatic carbocycles. The quantitative estimate of drug-likeness (QED) is 0.147. The van der Waals surface area contributed by atoms with Crippen molar-refractivity contribution in [2.75, 3.05) is 43.6 Å². The number of rotatable bonds is 9. The topological polar surface area (TPSA) is 138 Å². The van der Waals surface area contributed by atoms with E-state index in [-0.39, 0.29) is 17.8 Å². The maximum absolute atomic E-state index is 12.3. The van der Waals surface area contributed by atoms with Gasteiger partial charge in [0.15, 0.2) is 5.65 Å². The van der Waals surface area contributed by atoms with Crippen LogP contribution in [0.4, 0.5) is 17.6 Å². The van der Waals surface area contributed by atoms with Crippen LogP contribution in [0, 0.1) is 0 Å². The maximum Gasteiger partial charge on any atom is 0.248 e. The van der Waals surface area contributed by atoms with E-state index in [9.17, 15) is 4.79 Å². The molecule has 0 bridgehead atoms. The molecule has 1 aliphatic rings. The fourth-order valence-electron chi connectivity index (χ4n) is 5.56. The van der Waals surface area contributed by atoms with Crippen molar-refractivity contribution < 1.29 is 4.79 Å². The van der Waals surface area contributed by atoms with Gasteiger partial charge in [0.25, 0.3) is 0 Å². The molecule has 0 spiro atoms. The predicted molar refractivity (Wildman–Crippen MR) is 191 cm³/mol. The fourth-order valence-corrected chi connectivity index (χ4v) is 5.56. The van der Waals surface area contributed by atoms with Crippen LogP contribution >= 0.6 is 0 Å². The summed E-state index contributed by atoms with van der Waals surface area (Å²) in [5, 5.41) is 16.2. The number of nitrogens with zero attached hydrogens (tertiary/aromatic N) is 6. The molecule has 6 rings (SSSR count). The van der Waals surface area contributed by atoms with E-state index in [1.165, 1.54) is 25.8 Å². The van der Waals surface area contributed by atoms with E-state index in [1.807, 2.05) is 67.7 Å². The zero-order valence-electron chi connectivity index (χ0n) is 28.0. The molecule has 5 aromatic rings. The van der Waals surface area contributed by atoms with Crippen LogP contribution in [0.3, 0.4) is 0 Å². The SMILES string of the molecule is CC(C)c1cnn2c(NCc3ccccc3-c3nccc4cc(NC(=O)/C=C/CN(C)C)ccc34)nc(N)nc12.C[C@H]1CCCCN1. The molecule has 1 aliphatic heterocycles. The van der Waals surface area contributed by atoms with E-state index in [0.717, 1.165) is 44.9 Å². The average molecular weight is 635 g/mol. The molecule has 1 atom stereocenters. The van der Waals surface area contributed by atoms with Gasteiger partial charge in [-0.25, -0.2) is 0 Å². The third-order valence-corrected chi connectivity index (χ3v) is 8.07. The van der Waals surface area contributed by atoms with Gasteiger partial charge in [0, 0.05) is 53.6 Å². The molecule has 11 heteroatoms. The number of pyridine rings is 1. The number of hydrogen-bond donors (Lipinski definition) is 4. The molecular formula is C36H46N10O. The van der Waals surface area contributed by atoms with Crippen LogP contribution in [0.5, 0.6) is 0 Å². The number of piperidine rings is 1. The Kier molecular flexibility index (Phi) is 11.1. The number of likely N-dealkylation sites (N-methyl/N-ethyl adjacent to an activating group) is 1. The van der Waals surface area contributed by atoms with E-state index in [2.05, 4.69) is 63.9 Å². The normalized spacial score (nSPS) is 14.9. The first-order valence-corrected chi connectivity index (χ1v) is 16.3. The number of aromatic nitrogens is 5. The Labute approximate surface area is 276 Å². The van der Waals surface area contributed by atoms with Gasteiger partial charge in [-0.2, -0.15) is 19.6 Å². The van der Waals surface area contributed by atoms with Gasteiger partial charge in [-0.15, -0.1) is 0 Å².